The fourth-order valence-corrected chi connectivity index (χ4v) is 2.11. The van der Waals surface area contributed by atoms with Gasteiger partial charge in [0.2, 0.25) is 0 Å². The second kappa shape index (κ2) is 5.48. The van der Waals surface area contributed by atoms with E-state index in [0.717, 1.165) is 6.07 Å². The molecule has 0 aliphatic carbocycles. The van der Waals surface area contributed by atoms with Crippen LogP contribution in [-0.4, -0.2) is 11.6 Å². The van der Waals surface area contributed by atoms with Crippen LogP contribution in [0.1, 0.15) is 24.6 Å². The van der Waals surface area contributed by atoms with Gasteiger partial charge in [-0.1, -0.05) is 24.6 Å². The van der Waals surface area contributed by atoms with Crippen molar-refractivity contribution in [3.8, 4) is 5.75 Å². The number of halogens is 4. The Morgan fingerprint density at radius 3 is 2.60 bits per heavy atom. The molecule has 2 rings (SSSR count). The molecule has 0 fully saturated rings. The summed E-state index contributed by atoms with van der Waals surface area (Å²) >= 11 is 6.08. The third-order valence-electron chi connectivity index (χ3n) is 2.83. The number of rotatable bonds is 3. The summed E-state index contributed by atoms with van der Waals surface area (Å²) in [5, 5.41) is 0.756. The van der Waals surface area contributed by atoms with Gasteiger partial charge in [-0.3, -0.25) is 0 Å². The second-order valence-electron chi connectivity index (χ2n) is 4.44. The molecule has 0 aliphatic heterocycles. The van der Waals surface area contributed by atoms with Gasteiger partial charge in [0.1, 0.15) is 11.4 Å². The Balaban J connectivity index is 2.74. The van der Waals surface area contributed by atoms with Crippen molar-refractivity contribution in [3.05, 3.63) is 34.5 Å². The van der Waals surface area contributed by atoms with Crippen molar-refractivity contribution in [2.24, 2.45) is 0 Å². The third kappa shape index (κ3) is 2.82. The number of benzene rings is 1. The molecular formula is C14H13ClF3NO. The molecule has 108 valence electrons. The first-order valence-corrected chi connectivity index (χ1v) is 6.52. The lowest BCUT2D eigenvalue weighted by Gasteiger charge is -2.14. The van der Waals surface area contributed by atoms with Crippen LogP contribution in [-0.2, 0) is 6.18 Å². The van der Waals surface area contributed by atoms with Gasteiger partial charge in [0.25, 0.3) is 0 Å². The van der Waals surface area contributed by atoms with E-state index in [1.54, 1.807) is 19.1 Å². The normalized spacial score (nSPS) is 11.9. The minimum Gasteiger partial charge on any atom is -0.493 e. The Morgan fingerprint density at radius 2 is 2.00 bits per heavy atom. The highest BCUT2D eigenvalue weighted by molar-refractivity contribution is 6.36. The summed E-state index contributed by atoms with van der Waals surface area (Å²) in [6.45, 7) is 3.89. The van der Waals surface area contributed by atoms with Gasteiger partial charge in [-0.25, -0.2) is 4.98 Å². The summed E-state index contributed by atoms with van der Waals surface area (Å²) in [6, 6.07) is 4.18. The third-order valence-corrected chi connectivity index (χ3v) is 3.14. The molecule has 0 amide bonds. The molecular weight excluding hydrogens is 291 g/mol. The van der Waals surface area contributed by atoms with Crippen LogP contribution in [0.15, 0.2) is 18.2 Å². The molecule has 0 saturated carbocycles. The summed E-state index contributed by atoms with van der Waals surface area (Å²) < 4.78 is 44.1. The summed E-state index contributed by atoms with van der Waals surface area (Å²) in [5.74, 6) is 0.123. The number of aromatic nitrogens is 1. The van der Waals surface area contributed by atoms with Crippen LogP contribution in [0.5, 0.6) is 5.75 Å². The van der Waals surface area contributed by atoms with Crippen LogP contribution in [0.25, 0.3) is 10.9 Å². The van der Waals surface area contributed by atoms with Crippen LogP contribution < -0.4 is 4.74 Å². The average Bonchev–Trinajstić information content (AvgIpc) is 2.39. The number of hydrogen-bond donors (Lipinski definition) is 0. The Bertz CT molecular complexity index is 640. The summed E-state index contributed by atoms with van der Waals surface area (Å²) in [6.07, 6.45) is -3.83. The van der Waals surface area contributed by atoms with E-state index in [1.165, 1.54) is 0 Å². The second-order valence-corrected chi connectivity index (χ2v) is 4.85. The van der Waals surface area contributed by atoms with Gasteiger partial charge in [0, 0.05) is 6.07 Å². The lowest BCUT2D eigenvalue weighted by Crippen LogP contribution is -2.09. The predicted molar refractivity (Wildman–Crippen MR) is 72.3 cm³/mol. The molecule has 1 aromatic carbocycles. The molecule has 0 bridgehead atoms. The maximum atomic E-state index is 12.9. The van der Waals surface area contributed by atoms with Crippen LogP contribution in [0.4, 0.5) is 13.2 Å². The average molecular weight is 304 g/mol. The molecule has 6 heteroatoms. The minimum absolute atomic E-state index is 0.123. The molecule has 0 aliphatic rings. The largest absolute Gasteiger partial charge is 0.493 e. The number of nitrogens with zero attached hydrogens (tertiary/aromatic N) is 1. The molecule has 0 radical (unpaired) electrons. The zero-order chi connectivity index (χ0) is 14.9. The van der Waals surface area contributed by atoms with Crippen LogP contribution >= 0.6 is 11.6 Å². The maximum Gasteiger partial charge on any atom is 0.433 e. The minimum atomic E-state index is -4.52. The molecule has 2 nitrogen and oxygen atoms in total. The van der Waals surface area contributed by atoms with Crippen molar-refractivity contribution in [3.63, 3.8) is 0 Å². The zero-order valence-corrected chi connectivity index (χ0v) is 11.8. The number of alkyl halides is 3. The highest BCUT2D eigenvalue weighted by Crippen LogP contribution is 2.38. The first-order valence-electron chi connectivity index (χ1n) is 6.14. The first-order chi connectivity index (χ1) is 9.34. The van der Waals surface area contributed by atoms with Gasteiger partial charge in [-0.05, 0) is 25.0 Å². The Hall–Kier alpha value is -1.49. The number of aryl methyl sites for hydroxylation is 1. The maximum absolute atomic E-state index is 12.9. The van der Waals surface area contributed by atoms with E-state index in [2.05, 4.69) is 4.98 Å². The summed E-state index contributed by atoms with van der Waals surface area (Å²) in [7, 11) is 0. The monoisotopic (exact) mass is 303 g/mol. The number of hydrogen-bond acceptors (Lipinski definition) is 2. The molecule has 1 aromatic heterocycles. The van der Waals surface area contributed by atoms with E-state index < -0.39 is 11.9 Å². The zero-order valence-electron chi connectivity index (χ0n) is 11.0. The van der Waals surface area contributed by atoms with Gasteiger partial charge in [0.15, 0.2) is 0 Å². The molecule has 0 unspecified atom stereocenters. The molecule has 2 aromatic rings. The van der Waals surface area contributed by atoms with E-state index >= 15 is 0 Å². The smallest absolute Gasteiger partial charge is 0.433 e. The van der Waals surface area contributed by atoms with Crippen LogP contribution in [0, 0.1) is 6.92 Å². The van der Waals surface area contributed by atoms with Crippen molar-refractivity contribution in [2.45, 2.75) is 26.4 Å². The predicted octanol–water partition coefficient (Wildman–Crippen LogP) is 5.00. The van der Waals surface area contributed by atoms with Crippen molar-refractivity contribution in [1.82, 2.24) is 4.98 Å². The molecule has 0 saturated heterocycles. The van der Waals surface area contributed by atoms with E-state index in [9.17, 15) is 13.2 Å². The number of fused-ring (bicyclic) bond motifs is 1. The van der Waals surface area contributed by atoms with Crippen molar-refractivity contribution >= 4 is 22.5 Å². The lowest BCUT2D eigenvalue weighted by molar-refractivity contribution is -0.141. The SMILES string of the molecule is CCCOc1cc(C(F)(F)F)nc2c(C)ccc(Cl)c12. The van der Waals surface area contributed by atoms with E-state index in [-0.39, 0.29) is 11.3 Å². The Kier molecular flexibility index (Phi) is 4.09. The van der Waals surface area contributed by atoms with Crippen molar-refractivity contribution in [1.29, 1.82) is 0 Å². The summed E-state index contributed by atoms with van der Waals surface area (Å²) in [5.41, 5.74) is -0.128. The highest BCUT2D eigenvalue weighted by Gasteiger charge is 2.34. The van der Waals surface area contributed by atoms with Gasteiger partial charge in [-0.15, -0.1) is 0 Å². The molecule has 20 heavy (non-hydrogen) atoms. The van der Waals surface area contributed by atoms with Gasteiger partial charge < -0.3 is 4.74 Å². The van der Waals surface area contributed by atoms with Crippen LogP contribution in [0.3, 0.4) is 0 Å². The highest BCUT2D eigenvalue weighted by atomic mass is 35.5. The molecule has 1 heterocycles. The van der Waals surface area contributed by atoms with Gasteiger partial charge in [-0.2, -0.15) is 13.2 Å². The standard InChI is InChI=1S/C14H13ClF3NO/c1-3-6-20-10-7-11(14(16,17)18)19-13-8(2)4-5-9(15)12(10)13/h4-5,7H,3,6H2,1-2H3. The van der Waals surface area contributed by atoms with Crippen molar-refractivity contribution < 1.29 is 17.9 Å². The Labute approximate surface area is 119 Å². The topological polar surface area (TPSA) is 22.1 Å². The molecule has 0 spiro atoms. The Morgan fingerprint density at radius 1 is 1.30 bits per heavy atom. The van der Waals surface area contributed by atoms with Crippen molar-refractivity contribution in [2.75, 3.05) is 6.61 Å². The number of pyridine rings is 1. The molecule has 0 N–H and O–H groups in total. The quantitative estimate of drug-likeness (QED) is 0.795. The van der Waals surface area contributed by atoms with Gasteiger partial charge >= 0.3 is 6.18 Å². The van der Waals surface area contributed by atoms with Gasteiger partial charge in [0.05, 0.1) is 22.5 Å². The van der Waals surface area contributed by atoms with E-state index in [0.29, 0.717) is 29.0 Å². The number of ether oxygens (including phenoxy) is 1. The van der Waals surface area contributed by atoms with Crippen LogP contribution in [0.2, 0.25) is 5.02 Å². The fraction of sp³-hybridized carbons (Fsp3) is 0.357. The fourth-order valence-electron chi connectivity index (χ4n) is 1.87. The molecule has 0 atom stereocenters. The van der Waals surface area contributed by atoms with E-state index in [4.69, 9.17) is 16.3 Å². The lowest BCUT2D eigenvalue weighted by atomic mass is 10.1. The summed E-state index contributed by atoms with van der Waals surface area (Å²) in [4.78, 5) is 3.69. The first kappa shape index (κ1) is 14.9. The van der Waals surface area contributed by atoms with E-state index in [1.807, 2.05) is 6.92 Å².